The molecule has 0 spiro atoms. The molecule has 0 aliphatic carbocycles. The quantitative estimate of drug-likeness (QED) is 0.697. The standard InChI is InChI=1S/C10H9ClO2/c1-2-8-3-7(5-12)4-9(6-13)10(8)11/h3-6H,2H2,1H3. The summed E-state index contributed by atoms with van der Waals surface area (Å²) in [6, 6.07) is 3.18. The Kier molecular flexibility index (Phi) is 3.20. The van der Waals surface area contributed by atoms with Crippen LogP contribution in [0.25, 0.3) is 0 Å². The molecule has 0 aliphatic heterocycles. The van der Waals surface area contributed by atoms with Gasteiger partial charge in [-0.1, -0.05) is 18.5 Å². The smallest absolute Gasteiger partial charge is 0.151 e. The minimum absolute atomic E-state index is 0.378. The van der Waals surface area contributed by atoms with E-state index in [1.165, 1.54) is 6.07 Å². The third-order valence-electron chi connectivity index (χ3n) is 1.84. The van der Waals surface area contributed by atoms with Crippen molar-refractivity contribution in [3.63, 3.8) is 0 Å². The minimum atomic E-state index is 0.378. The first kappa shape index (κ1) is 9.93. The Morgan fingerprint density at radius 2 is 2.00 bits per heavy atom. The summed E-state index contributed by atoms with van der Waals surface area (Å²) in [5.74, 6) is 0. The number of aryl methyl sites for hydroxylation is 1. The molecule has 0 atom stereocenters. The Balaban J connectivity index is 3.36. The lowest BCUT2D eigenvalue weighted by Gasteiger charge is -2.04. The van der Waals surface area contributed by atoms with Crippen molar-refractivity contribution < 1.29 is 9.59 Å². The van der Waals surface area contributed by atoms with Gasteiger partial charge in [-0.3, -0.25) is 9.59 Å². The van der Waals surface area contributed by atoms with Crippen LogP contribution in [0.1, 0.15) is 33.2 Å². The summed E-state index contributed by atoms with van der Waals surface area (Å²) in [5, 5.41) is 0.447. The highest BCUT2D eigenvalue weighted by molar-refractivity contribution is 6.33. The van der Waals surface area contributed by atoms with Crippen molar-refractivity contribution >= 4 is 24.2 Å². The summed E-state index contributed by atoms with van der Waals surface area (Å²) < 4.78 is 0. The van der Waals surface area contributed by atoms with E-state index in [0.717, 1.165) is 5.56 Å². The largest absolute Gasteiger partial charge is 0.298 e. The summed E-state index contributed by atoms with van der Waals surface area (Å²) in [4.78, 5) is 21.1. The van der Waals surface area contributed by atoms with Crippen molar-refractivity contribution in [3.8, 4) is 0 Å². The van der Waals surface area contributed by atoms with Crippen LogP contribution in [0.5, 0.6) is 0 Å². The predicted molar refractivity (Wildman–Crippen MR) is 51.6 cm³/mol. The van der Waals surface area contributed by atoms with Crippen LogP contribution in [0.4, 0.5) is 0 Å². The van der Waals surface area contributed by atoms with E-state index in [1.54, 1.807) is 6.07 Å². The van der Waals surface area contributed by atoms with Crippen molar-refractivity contribution in [2.45, 2.75) is 13.3 Å². The Bertz CT molecular complexity index is 345. The second-order valence-electron chi connectivity index (χ2n) is 2.67. The maximum atomic E-state index is 10.6. The summed E-state index contributed by atoms with van der Waals surface area (Å²) in [6.07, 6.45) is 2.08. The highest BCUT2D eigenvalue weighted by Gasteiger charge is 2.06. The molecule has 2 nitrogen and oxygen atoms in total. The molecular formula is C10H9ClO2. The molecule has 3 heteroatoms. The highest BCUT2D eigenvalue weighted by atomic mass is 35.5. The fourth-order valence-electron chi connectivity index (χ4n) is 1.15. The van der Waals surface area contributed by atoms with Crippen LogP contribution in [-0.4, -0.2) is 12.6 Å². The molecule has 1 aromatic carbocycles. The van der Waals surface area contributed by atoms with Gasteiger partial charge in [-0.25, -0.2) is 0 Å². The van der Waals surface area contributed by atoms with Crippen molar-refractivity contribution in [1.82, 2.24) is 0 Å². The van der Waals surface area contributed by atoms with Gasteiger partial charge in [0, 0.05) is 11.1 Å². The van der Waals surface area contributed by atoms with E-state index in [0.29, 0.717) is 35.1 Å². The molecule has 0 aromatic heterocycles. The lowest BCUT2D eigenvalue weighted by atomic mass is 10.1. The van der Waals surface area contributed by atoms with Gasteiger partial charge in [0.05, 0.1) is 5.02 Å². The minimum Gasteiger partial charge on any atom is -0.298 e. The first-order valence-electron chi connectivity index (χ1n) is 3.95. The molecule has 0 saturated heterocycles. The van der Waals surface area contributed by atoms with Crippen LogP contribution in [-0.2, 0) is 6.42 Å². The molecule has 0 saturated carbocycles. The van der Waals surface area contributed by atoms with Crippen LogP contribution in [0.3, 0.4) is 0 Å². The van der Waals surface area contributed by atoms with Gasteiger partial charge in [-0.2, -0.15) is 0 Å². The number of hydrogen-bond donors (Lipinski definition) is 0. The Morgan fingerprint density at radius 3 is 2.46 bits per heavy atom. The molecule has 1 rings (SSSR count). The number of carbonyl (C=O) groups is 2. The molecule has 0 bridgehead atoms. The molecule has 0 fully saturated rings. The monoisotopic (exact) mass is 196 g/mol. The van der Waals surface area contributed by atoms with E-state index in [1.807, 2.05) is 6.92 Å². The molecule has 1 aromatic rings. The summed E-state index contributed by atoms with van der Waals surface area (Å²) >= 11 is 5.89. The fourth-order valence-corrected chi connectivity index (χ4v) is 1.43. The van der Waals surface area contributed by atoms with E-state index in [2.05, 4.69) is 0 Å². The van der Waals surface area contributed by atoms with Gasteiger partial charge in [-0.05, 0) is 24.1 Å². The average Bonchev–Trinajstić information content (AvgIpc) is 2.18. The SMILES string of the molecule is CCc1cc(C=O)cc(C=O)c1Cl. The Labute approximate surface area is 81.5 Å². The molecule has 0 radical (unpaired) electrons. The first-order valence-corrected chi connectivity index (χ1v) is 4.33. The van der Waals surface area contributed by atoms with Crippen molar-refractivity contribution in [3.05, 3.63) is 33.8 Å². The average molecular weight is 197 g/mol. The van der Waals surface area contributed by atoms with Gasteiger partial charge in [-0.15, -0.1) is 0 Å². The molecule has 0 N–H and O–H groups in total. The zero-order valence-electron chi connectivity index (χ0n) is 7.21. The molecule has 0 aliphatic rings. The third kappa shape index (κ3) is 1.95. The number of benzene rings is 1. The predicted octanol–water partition coefficient (Wildman–Crippen LogP) is 2.53. The van der Waals surface area contributed by atoms with E-state index < -0.39 is 0 Å². The molecule has 0 amide bonds. The van der Waals surface area contributed by atoms with E-state index in [4.69, 9.17) is 11.6 Å². The lowest BCUT2D eigenvalue weighted by molar-refractivity contribution is 0.112. The second-order valence-corrected chi connectivity index (χ2v) is 3.05. The van der Waals surface area contributed by atoms with Gasteiger partial charge >= 0.3 is 0 Å². The second kappa shape index (κ2) is 4.19. The van der Waals surface area contributed by atoms with Gasteiger partial charge < -0.3 is 0 Å². The molecule has 0 unspecified atom stereocenters. The summed E-state index contributed by atoms with van der Waals surface area (Å²) in [7, 11) is 0. The van der Waals surface area contributed by atoms with E-state index in [-0.39, 0.29) is 0 Å². The molecule has 13 heavy (non-hydrogen) atoms. The van der Waals surface area contributed by atoms with Gasteiger partial charge in [0.15, 0.2) is 6.29 Å². The first-order chi connectivity index (χ1) is 6.22. The van der Waals surface area contributed by atoms with Crippen molar-refractivity contribution in [1.29, 1.82) is 0 Å². The topological polar surface area (TPSA) is 34.1 Å². The number of halogens is 1. The van der Waals surface area contributed by atoms with Crippen molar-refractivity contribution in [2.24, 2.45) is 0 Å². The molecule has 0 heterocycles. The van der Waals surface area contributed by atoms with E-state index in [9.17, 15) is 9.59 Å². The normalized spacial score (nSPS) is 9.69. The van der Waals surface area contributed by atoms with Gasteiger partial charge in [0.1, 0.15) is 6.29 Å². The van der Waals surface area contributed by atoms with Gasteiger partial charge in [0.2, 0.25) is 0 Å². The zero-order chi connectivity index (χ0) is 9.84. The van der Waals surface area contributed by atoms with Crippen molar-refractivity contribution in [2.75, 3.05) is 0 Å². The molecule has 68 valence electrons. The number of hydrogen-bond acceptors (Lipinski definition) is 2. The molecular weight excluding hydrogens is 188 g/mol. The van der Waals surface area contributed by atoms with Gasteiger partial charge in [0.25, 0.3) is 0 Å². The zero-order valence-corrected chi connectivity index (χ0v) is 7.97. The maximum absolute atomic E-state index is 10.6. The van der Waals surface area contributed by atoms with Crippen LogP contribution >= 0.6 is 11.6 Å². The van der Waals surface area contributed by atoms with E-state index >= 15 is 0 Å². The highest BCUT2D eigenvalue weighted by Crippen LogP contribution is 2.21. The lowest BCUT2D eigenvalue weighted by Crippen LogP contribution is -1.93. The van der Waals surface area contributed by atoms with Crippen LogP contribution in [0.15, 0.2) is 12.1 Å². The van der Waals surface area contributed by atoms with Crippen LogP contribution < -0.4 is 0 Å². The van der Waals surface area contributed by atoms with Crippen LogP contribution in [0, 0.1) is 0 Å². The Hall–Kier alpha value is -1.15. The summed E-state index contributed by atoms with van der Waals surface area (Å²) in [5.41, 5.74) is 1.69. The Morgan fingerprint density at radius 1 is 1.31 bits per heavy atom. The number of rotatable bonds is 3. The van der Waals surface area contributed by atoms with Crippen LogP contribution in [0.2, 0.25) is 5.02 Å². The number of carbonyl (C=O) groups excluding carboxylic acids is 2. The third-order valence-corrected chi connectivity index (χ3v) is 2.30. The summed E-state index contributed by atoms with van der Waals surface area (Å²) in [6.45, 7) is 1.92. The fraction of sp³-hybridized carbons (Fsp3) is 0.200. The maximum Gasteiger partial charge on any atom is 0.151 e. The number of aldehydes is 2.